The van der Waals surface area contributed by atoms with E-state index < -0.39 is 0 Å². The molecule has 0 radical (unpaired) electrons. The van der Waals surface area contributed by atoms with Gasteiger partial charge in [0.15, 0.2) is 0 Å². The van der Waals surface area contributed by atoms with Gasteiger partial charge < -0.3 is 19.5 Å². The first-order valence-electron chi connectivity index (χ1n) is 8.66. The minimum atomic E-state index is 0.00967. The van der Waals surface area contributed by atoms with Crippen LogP contribution in [0.1, 0.15) is 30.3 Å². The van der Waals surface area contributed by atoms with Crippen LogP contribution in [0.15, 0.2) is 41.0 Å². The number of nitrogens with zero attached hydrogens (tertiary/aromatic N) is 2. The summed E-state index contributed by atoms with van der Waals surface area (Å²) in [5.74, 6) is 0.881. The fourth-order valence-electron chi connectivity index (χ4n) is 3.26. The first kappa shape index (κ1) is 17.9. The average Bonchev–Trinajstić information content (AvgIpc) is 3.03. The van der Waals surface area contributed by atoms with Crippen molar-refractivity contribution in [3.63, 3.8) is 0 Å². The second-order valence-corrected chi connectivity index (χ2v) is 7.18. The van der Waals surface area contributed by atoms with E-state index in [0.29, 0.717) is 5.69 Å². The summed E-state index contributed by atoms with van der Waals surface area (Å²) in [5.41, 5.74) is 1.92. The number of hydrogen-bond donors (Lipinski definition) is 1. The highest BCUT2D eigenvalue weighted by Gasteiger charge is 2.22. The van der Waals surface area contributed by atoms with Gasteiger partial charge in [0.2, 0.25) is 0 Å². The van der Waals surface area contributed by atoms with Gasteiger partial charge in [-0.2, -0.15) is 0 Å². The second-order valence-electron chi connectivity index (χ2n) is 6.26. The highest BCUT2D eigenvalue weighted by molar-refractivity contribution is 9.10. The van der Waals surface area contributed by atoms with Crippen LogP contribution in [0.25, 0.3) is 0 Å². The van der Waals surface area contributed by atoms with E-state index in [0.717, 1.165) is 42.7 Å². The van der Waals surface area contributed by atoms with Gasteiger partial charge in [0.05, 0.1) is 7.11 Å². The monoisotopic (exact) mass is 405 g/mol. The quantitative estimate of drug-likeness (QED) is 0.824. The lowest BCUT2D eigenvalue weighted by molar-refractivity contribution is 0.0922. The maximum absolute atomic E-state index is 12.5. The maximum atomic E-state index is 12.5. The van der Waals surface area contributed by atoms with Crippen LogP contribution >= 0.6 is 15.9 Å². The molecule has 2 aromatic rings. The molecule has 1 amide bonds. The van der Waals surface area contributed by atoms with E-state index >= 15 is 0 Å². The zero-order valence-electron chi connectivity index (χ0n) is 14.7. The summed E-state index contributed by atoms with van der Waals surface area (Å²) < 4.78 is 8.11. The first-order chi connectivity index (χ1) is 12.1. The van der Waals surface area contributed by atoms with Gasteiger partial charge in [0.1, 0.15) is 11.4 Å². The SMILES string of the molecule is CCn1cc(Br)cc1C(=O)NC1CCN(c2ccc(OC)cc2)CC1. The number of rotatable bonds is 5. The van der Waals surface area contributed by atoms with Crippen LogP contribution in [-0.4, -0.2) is 36.7 Å². The Labute approximate surface area is 157 Å². The van der Waals surface area contributed by atoms with Gasteiger partial charge in [-0.15, -0.1) is 0 Å². The first-order valence-corrected chi connectivity index (χ1v) is 9.45. The topological polar surface area (TPSA) is 46.5 Å². The number of aryl methyl sites for hydroxylation is 1. The van der Waals surface area contributed by atoms with E-state index in [4.69, 9.17) is 4.74 Å². The number of hydrogen-bond acceptors (Lipinski definition) is 3. The molecule has 0 bridgehead atoms. The van der Waals surface area contributed by atoms with Crippen LogP contribution in [0, 0.1) is 0 Å². The third kappa shape index (κ3) is 4.18. The molecule has 0 spiro atoms. The molecule has 1 saturated heterocycles. The molecular formula is C19H24BrN3O2. The molecule has 1 fully saturated rings. The van der Waals surface area contributed by atoms with Crippen LogP contribution in [0.5, 0.6) is 5.75 Å². The number of piperidine rings is 1. The summed E-state index contributed by atoms with van der Waals surface area (Å²) in [6.07, 6.45) is 3.85. The molecule has 1 aromatic heterocycles. The van der Waals surface area contributed by atoms with E-state index in [-0.39, 0.29) is 11.9 Å². The van der Waals surface area contributed by atoms with E-state index in [1.807, 2.05) is 35.9 Å². The zero-order chi connectivity index (χ0) is 17.8. The van der Waals surface area contributed by atoms with E-state index in [1.165, 1.54) is 5.69 Å². The van der Waals surface area contributed by atoms with E-state index in [1.54, 1.807) is 7.11 Å². The number of nitrogens with one attached hydrogen (secondary N) is 1. The maximum Gasteiger partial charge on any atom is 0.268 e. The van der Waals surface area contributed by atoms with Crippen molar-refractivity contribution >= 4 is 27.5 Å². The largest absolute Gasteiger partial charge is 0.497 e. The molecule has 134 valence electrons. The highest BCUT2D eigenvalue weighted by Crippen LogP contribution is 2.23. The lowest BCUT2D eigenvalue weighted by Gasteiger charge is -2.34. The van der Waals surface area contributed by atoms with Crippen molar-refractivity contribution in [3.8, 4) is 5.75 Å². The Morgan fingerprint density at radius 1 is 1.28 bits per heavy atom. The average molecular weight is 406 g/mol. The number of carbonyl (C=O) groups excluding carboxylic acids is 1. The minimum absolute atomic E-state index is 0.00967. The van der Waals surface area contributed by atoms with Gasteiger partial charge >= 0.3 is 0 Å². The number of halogens is 1. The molecule has 2 heterocycles. The van der Waals surface area contributed by atoms with E-state index in [9.17, 15) is 4.79 Å². The number of anilines is 1. The number of carbonyl (C=O) groups is 1. The number of amides is 1. The fourth-order valence-corrected chi connectivity index (χ4v) is 3.73. The van der Waals surface area contributed by atoms with Gasteiger partial charge in [0.25, 0.3) is 5.91 Å². The van der Waals surface area contributed by atoms with Crippen LogP contribution in [-0.2, 0) is 6.54 Å². The predicted molar refractivity (Wildman–Crippen MR) is 104 cm³/mol. The summed E-state index contributed by atoms with van der Waals surface area (Å²) >= 11 is 3.44. The molecule has 0 saturated carbocycles. The molecule has 25 heavy (non-hydrogen) atoms. The van der Waals surface area contributed by atoms with E-state index in [2.05, 4.69) is 38.3 Å². The number of aromatic nitrogens is 1. The van der Waals surface area contributed by atoms with Gasteiger partial charge in [-0.05, 0) is 66.0 Å². The molecule has 6 heteroatoms. The lowest BCUT2D eigenvalue weighted by Crippen LogP contribution is -2.45. The van der Waals surface area contributed by atoms with Crippen molar-refractivity contribution in [2.75, 3.05) is 25.1 Å². The summed E-state index contributed by atoms with van der Waals surface area (Å²) in [6, 6.07) is 10.2. The second kappa shape index (κ2) is 7.95. The minimum Gasteiger partial charge on any atom is -0.497 e. The Bertz CT molecular complexity index is 719. The molecule has 1 N–H and O–H groups in total. The smallest absolute Gasteiger partial charge is 0.268 e. The molecular weight excluding hydrogens is 382 g/mol. The Kier molecular flexibility index (Phi) is 5.68. The molecule has 3 rings (SSSR count). The predicted octanol–water partition coefficient (Wildman–Crippen LogP) is 3.68. The molecule has 0 unspecified atom stereocenters. The highest BCUT2D eigenvalue weighted by atomic mass is 79.9. The van der Waals surface area contributed by atoms with Gasteiger partial charge in [-0.3, -0.25) is 4.79 Å². The van der Waals surface area contributed by atoms with Crippen molar-refractivity contribution in [3.05, 3.63) is 46.7 Å². The third-order valence-electron chi connectivity index (χ3n) is 4.70. The van der Waals surface area contributed by atoms with Crippen LogP contribution in [0.3, 0.4) is 0 Å². The van der Waals surface area contributed by atoms with Crippen LogP contribution in [0.4, 0.5) is 5.69 Å². The Hall–Kier alpha value is -1.95. The van der Waals surface area contributed by atoms with Crippen molar-refractivity contribution in [2.45, 2.75) is 32.4 Å². The Morgan fingerprint density at radius 2 is 1.96 bits per heavy atom. The summed E-state index contributed by atoms with van der Waals surface area (Å²) in [5, 5.41) is 3.19. The molecule has 1 aromatic carbocycles. The molecule has 0 atom stereocenters. The Balaban J connectivity index is 1.56. The van der Waals surface area contributed by atoms with Crippen molar-refractivity contribution in [1.29, 1.82) is 0 Å². The standard InChI is InChI=1S/C19H24BrN3O2/c1-3-22-13-14(20)12-18(22)19(24)21-15-8-10-23(11-9-15)16-4-6-17(25-2)7-5-16/h4-7,12-13,15H,3,8-11H2,1-2H3,(H,21,24). The zero-order valence-corrected chi connectivity index (χ0v) is 16.3. The molecule has 1 aliphatic rings. The summed E-state index contributed by atoms with van der Waals surface area (Å²) in [4.78, 5) is 14.9. The molecule has 5 nitrogen and oxygen atoms in total. The third-order valence-corrected chi connectivity index (χ3v) is 5.14. The summed E-state index contributed by atoms with van der Waals surface area (Å²) in [6.45, 7) is 4.70. The van der Waals surface area contributed by atoms with Crippen molar-refractivity contribution < 1.29 is 9.53 Å². The normalized spacial score (nSPS) is 15.2. The number of ether oxygens (including phenoxy) is 1. The van der Waals surface area contributed by atoms with Crippen LogP contribution in [0.2, 0.25) is 0 Å². The van der Waals surface area contributed by atoms with Gasteiger partial charge in [-0.1, -0.05) is 0 Å². The molecule has 0 aliphatic carbocycles. The molecule has 1 aliphatic heterocycles. The fraction of sp³-hybridized carbons (Fsp3) is 0.421. The lowest BCUT2D eigenvalue weighted by atomic mass is 10.0. The van der Waals surface area contributed by atoms with Gasteiger partial charge in [0, 0.05) is 42.0 Å². The van der Waals surface area contributed by atoms with Crippen molar-refractivity contribution in [2.24, 2.45) is 0 Å². The summed E-state index contributed by atoms with van der Waals surface area (Å²) in [7, 11) is 1.68. The number of methoxy groups -OCH3 is 1. The van der Waals surface area contributed by atoms with Crippen LogP contribution < -0.4 is 15.0 Å². The van der Waals surface area contributed by atoms with Gasteiger partial charge in [-0.25, -0.2) is 0 Å². The number of benzene rings is 1. The Morgan fingerprint density at radius 3 is 2.56 bits per heavy atom. The van der Waals surface area contributed by atoms with Crippen molar-refractivity contribution in [1.82, 2.24) is 9.88 Å².